The van der Waals surface area contributed by atoms with Gasteiger partial charge in [-0.1, -0.05) is 6.07 Å². The highest BCUT2D eigenvalue weighted by atomic mass is 32.1. The van der Waals surface area contributed by atoms with E-state index in [0.717, 1.165) is 31.6 Å². The van der Waals surface area contributed by atoms with E-state index in [9.17, 15) is 4.79 Å². The number of thiazole rings is 1. The van der Waals surface area contributed by atoms with Gasteiger partial charge in [-0.3, -0.25) is 4.79 Å². The molecule has 1 atom stereocenters. The molecule has 1 amide bonds. The summed E-state index contributed by atoms with van der Waals surface area (Å²) in [5.41, 5.74) is 3.27. The first-order chi connectivity index (χ1) is 11.3. The van der Waals surface area contributed by atoms with E-state index in [2.05, 4.69) is 10.3 Å². The molecular weight excluding hydrogens is 312 g/mol. The SMILES string of the molecule is O=C(NCC[C@H]1CCCO1)c1cccc(OCc2cscn2)c1. The minimum Gasteiger partial charge on any atom is -0.487 e. The summed E-state index contributed by atoms with van der Waals surface area (Å²) in [6.07, 6.45) is 3.38. The minimum atomic E-state index is -0.0814. The Kier molecular flexibility index (Phi) is 5.60. The monoisotopic (exact) mass is 332 g/mol. The Balaban J connectivity index is 1.48. The van der Waals surface area contributed by atoms with Crippen molar-refractivity contribution in [2.45, 2.75) is 32.0 Å². The van der Waals surface area contributed by atoms with Crippen LogP contribution in [0, 0.1) is 0 Å². The average molecular weight is 332 g/mol. The summed E-state index contributed by atoms with van der Waals surface area (Å²) >= 11 is 1.54. The van der Waals surface area contributed by atoms with Crippen LogP contribution in [0.5, 0.6) is 5.75 Å². The molecule has 2 aromatic rings. The molecule has 0 aliphatic carbocycles. The Morgan fingerprint density at radius 3 is 3.22 bits per heavy atom. The number of carbonyl (C=O) groups is 1. The number of amides is 1. The van der Waals surface area contributed by atoms with Crippen molar-refractivity contribution in [3.63, 3.8) is 0 Å². The third-order valence-corrected chi connectivity index (χ3v) is 4.38. The van der Waals surface area contributed by atoms with Crippen LogP contribution in [0.15, 0.2) is 35.2 Å². The Bertz CT molecular complexity index is 625. The molecule has 3 rings (SSSR count). The smallest absolute Gasteiger partial charge is 0.251 e. The minimum absolute atomic E-state index is 0.0814. The van der Waals surface area contributed by atoms with Gasteiger partial charge in [0.15, 0.2) is 0 Å². The Morgan fingerprint density at radius 2 is 2.43 bits per heavy atom. The molecule has 6 heteroatoms. The first-order valence-electron chi connectivity index (χ1n) is 7.81. The molecule has 0 saturated carbocycles. The summed E-state index contributed by atoms with van der Waals surface area (Å²) in [6.45, 7) is 1.89. The lowest BCUT2D eigenvalue weighted by Gasteiger charge is -2.11. The van der Waals surface area contributed by atoms with E-state index in [1.807, 2.05) is 17.5 Å². The zero-order chi connectivity index (χ0) is 15.9. The molecule has 5 nitrogen and oxygen atoms in total. The van der Waals surface area contributed by atoms with Crippen LogP contribution in [0.1, 0.15) is 35.3 Å². The van der Waals surface area contributed by atoms with Gasteiger partial charge in [-0.15, -0.1) is 11.3 Å². The molecule has 1 aromatic carbocycles. The number of nitrogens with one attached hydrogen (secondary N) is 1. The second-order valence-corrected chi connectivity index (χ2v) is 6.19. The summed E-state index contributed by atoms with van der Waals surface area (Å²) < 4.78 is 11.2. The third kappa shape index (κ3) is 4.77. The van der Waals surface area contributed by atoms with Crippen LogP contribution < -0.4 is 10.1 Å². The van der Waals surface area contributed by atoms with E-state index in [4.69, 9.17) is 9.47 Å². The molecule has 0 spiro atoms. The van der Waals surface area contributed by atoms with Crippen LogP contribution in [-0.2, 0) is 11.3 Å². The second kappa shape index (κ2) is 8.08. The highest BCUT2D eigenvalue weighted by Crippen LogP contribution is 2.16. The molecule has 1 N–H and O–H groups in total. The van der Waals surface area contributed by atoms with E-state index >= 15 is 0 Å². The van der Waals surface area contributed by atoms with E-state index in [1.54, 1.807) is 17.6 Å². The molecule has 1 aliphatic rings. The van der Waals surface area contributed by atoms with Crippen molar-refractivity contribution in [2.24, 2.45) is 0 Å². The van der Waals surface area contributed by atoms with Gasteiger partial charge < -0.3 is 14.8 Å². The molecule has 1 aromatic heterocycles. The summed E-state index contributed by atoms with van der Waals surface area (Å²) in [5.74, 6) is 0.590. The van der Waals surface area contributed by atoms with Gasteiger partial charge in [0.1, 0.15) is 12.4 Å². The van der Waals surface area contributed by atoms with Crippen molar-refractivity contribution >= 4 is 17.2 Å². The van der Waals surface area contributed by atoms with Gasteiger partial charge in [0.25, 0.3) is 5.91 Å². The van der Waals surface area contributed by atoms with Crippen molar-refractivity contribution in [1.29, 1.82) is 0 Å². The van der Waals surface area contributed by atoms with Crippen LogP contribution in [-0.4, -0.2) is 30.1 Å². The lowest BCUT2D eigenvalue weighted by atomic mass is 10.1. The molecule has 1 saturated heterocycles. The maximum Gasteiger partial charge on any atom is 0.251 e. The topological polar surface area (TPSA) is 60.5 Å². The zero-order valence-corrected chi connectivity index (χ0v) is 13.7. The van der Waals surface area contributed by atoms with Crippen molar-refractivity contribution in [3.05, 3.63) is 46.4 Å². The van der Waals surface area contributed by atoms with Crippen LogP contribution in [0.3, 0.4) is 0 Å². The first-order valence-corrected chi connectivity index (χ1v) is 8.75. The average Bonchev–Trinajstić information content (AvgIpc) is 3.27. The Morgan fingerprint density at radius 1 is 1.48 bits per heavy atom. The van der Waals surface area contributed by atoms with Crippen LogP contribution in [0.25, 0.3) is 0 Å². The quantitative estimate of drug-likeness (QED) is 0.847. The number of benzene rings is 1. The number of hydrogen-bond acceptors (Lipinski definition) is 5. The maximum atomic E-state index is 12.2. The van der Waals surface area contributed by atoms with Crippen LogP contribution >= 0.6 is 11.3 Å². The molecular formula is C17H20N2O3S. The fourth-order valence-electron chi connectivity index (χ4n) is 2.51. The van der Waals surface area contributed by atoms with Crippen molar-refractivity contribution in [3.8, 4) is 5.75 Å². The first kappa shape index (κ1) is 16.0. The lowest BCUT2D eigenvalue weighted by Crippen LogP contribution is -2.27. The summed E-state index contributed by atoms with van der Waals surface area (Å²) in [5, 5.41) is 4.88. The number of ether oxygens (including phenoxy) is 2. The largest absolute Gasteiger partial charge is 0.487 e. The molecule has 0 unspecified atom stereocenters. The molecule has 0 radical (unpaired) electrons. The van der Waals surface area contributed by atoms with E-state index in [-0.39, 0.29) is 5.91 Å². The fourth-order valence-corrected chi connectivity index (χ4v) is 3.06. The van der Waals surface area contributed by atoms with Gasteiger partial charge in [-0.05, 0) is 37.5 Å². The normalized spacial score (nSPS) is 17.1. The number of hydrogen-bond donors (Lipinski definition) is 1. The number of carbonyl (C=O) groups excluding carboxylic acids is 1. The molecule has 1 aliphatic heterocycles. The summed E-state index contributed by atoms with van der Waals surface area (Å²) in [4.78, 5) is 16.4. The van der Waals surface area contributed by atoms with Crippen molar-refractivity contribution in [1.82, 2.24) is 10.3 Å². The standard InChI is InChI=1S/C17H20N2O3S/c20-17(18-7-6-15-5-2-8-21-15)13-3-1-4-16(9-13)22-10-14-11-23-12-19-14/h1,3-4,9,11-12,15H,2,5-8,10H2,(H,18,20)/t15-/m1/s1. The number of aromatic nitrogens is 1. The van der Waals surface area contributed by atoms with Crippen LogP contribution in [0.2, 0.25) is 0 Å². The van der Waals surface area contributed by atoms with E-state index in [1.165, 1.54) is 11.3 Å². The van der Waals surface area contributed by atoms with E-state index in [0.29, 0.717) is 30.6 Å². The maximum absolute atomic E-state index is 12.2. The Hall–Kier alpha value is -1.92. The predicted octanol–water partition coefficient (Wildman–Crippen LogP) is 3.02. The second-order valence-electron chi connectivity index (χ2n) is 5.48. The zero-order valence-electron chi connectivity index (χ0n) is 12.9. The van der Waals surface area contributed by atoms with Gasteiger partial charge in [0.2, 0.25) is 0 Å². The predicted molar refractivity (Wildman–Crippen MR) is 88.8 cm³/mol. The molecule has 1 fully saturated rings. The summed E-state index contributed by atoms with van der Waals surface area (Å²) in [7, 11) is 0. The highest BCUT2D eigenvalue weighted by molar-refractivity contribution is 7.07. The van der Waals surface area contributed by atoms with Gasteiger partial charge in [-0.2, -0.15) is 0 Å². The highest BCUT2D eigenvalue weighted by Gasteiger charge is 2.15. The summed E-state index contributed by atoms with van der Waals surface area (Å²) in [6, 6.07) is 7.21. The third-order valence-electron chi connectivity index (χ3n) is 3.74. The molecule has 2 heterocycles. The van der Waals surface area contributed by atoms with Gasteiger partial charge in [0, 0.05) is 24.1 Å². The van der Waals surface area contributed by atoms with E-state index < -0.39 is 0 Å². The van der Waals surface area contributed by atoms with Gasteiger partial charge in [0.05, 0.1) is 17.3 Å². The van der Waals surface area contributed by atoms with Gasteiger partial charge >= 0.3 is 0 Å². The molecule has 23 heavy (non-hydrogen) atoms. The fraction of sp³-hybridized carbons (Fsp3) is 0.412. The number of rotatable bonds is 7. The lowest BCUT2D eigenvalue weighted by molar-refractivity contribution is 0.0907. The van der Waals surface area contributed by atoms with Crippen molar-refractivity contribution < 1.29 is 14.3 Å². The Labute approximate surface area is 139 Å². The van der Waals surface area contributed by atoms with Crippen molar-refractivity contribution in [2.75, 3.05) is 13.2 Å². The number of nitrogens with zero attached hydrogens (tertiary/aromatic N) is 1. The molecule has 0 bridgehead atoms. The van der Waals surface area contributed by atoms with Crippen LogP contribution in [0.4, 0.5) is 0 Å². The molecule has 122 valence electrons. The van der Waals surface area contributed by atoms with Gasteiger partial charge in [-0.25, -0.2) is 4.98 Å².